The van der Waals surface area contributed by atoms with Crippen molar-refractivity contribution in [1.82, 2.24) is 14.5 Å². The lowest BCUT2D eigenvalue weighted by molar-refractivity contribution is 0.0986. The molecule has 8 heteroatoms. The van der Waals surface area contributed by atoms with Crippen LogP contribution in [0.4, 0.5) is 5.13 Å². The van der Waals surface area contributed by atoms with E-state index in [1.807, 2.05) is 53.2 Å². The van der Waals surface area contributed by atoms with Crippen LogP contribution in [0.1, 0.15) is 30.6 Å². The predicted molar refractivity (Wildman–Crippen MR) is 132 cm³/mol. The molecule has 2 heterocycles. The molecular weight excluding hydrogens is 440 g/mol. The van der Waals surface area contributed by atoms with Crippen molar-refractivity contribution >= 4 is 44.4 Å². The third kappa shape index (κ3) is 5.14. The first-order valence-corrected chi connectivity index (χ1v) is 12.2. The van der Waals surface area contributed by atoms with Crippen LogP contribution in [0.3, 0.4) is 0 Å². The van der Waals surface area contributed by atoms with Gasteiger partial charge < -0.3 is 9.30 Å². The molecule has 0 aliphatic rings. The van der Waals surface area contributed by atoms with E-state index >= 15 is 0 Å². The molecule has 0 saturated carbocycles. The average Bonchev–Trinajstić information content (AvgIpc) is 3.46. The highest BCUT2D eigenvalue weighted by Gasteiger charge is 2.22. The number of fused-ring (bicyclic) bond motifs is 1. The molecule has 2 aromatic heterocycles. The fourth-order valence-corrected chi connectivity index (χ4v) is 5.26. The number of thioether (sulfide) groups is 1. The number of nitrogens with zero attached hydrogens (tertiary/aromatic N) is 4. The highest BCUT2D eigenvalue weighted by molar-refractivity contribution is 7.99. The van der Waals surface area contributed by atoms with E-state index in [1.54, 1.807) is 36.3 Å². The molecule has 0 N–H and O–H groups in total. The van der Waals surface area contributed by atoms with Gasteiger partial charge in [0.2, 0.25) is 0 Å². The maximum Gasteiger partial charge on any atom is 0.260 e. The first kappa shape index (κ1) is 22.4. The second-order valence-corrected chi connectivity index (χ2v) is 10.3. The summed E-state index contributed by atoms with van der Waals surface area (Å²) in [4.78, 5) is 25.4. The molecule has 0 radical (unpaired) electrons. The molecule has 4 rings (SSSR count). The maximum atomic E-state index is 13.5. The molecule has 1 amide bonds. The summed E-state index contributed by atoms with van der Waals surface area (Å²) in [5.74, 6) is 0.667. The van der Waals surface area contributed by atoms with Gasteiger partial charge in [-0.15, -0.1) is 11.8 Å². The van der Waals surface area contributed by atoms with E-state index in [-0.39, 0.29) is 5.91 Å². The van der Waals surface area contributed by atoms with Crippen LogP contribution in [0.25, 0.3) is 10.2 Å². The van der Waals surface area contributed by atoms with Crippen molar-refractivity contribution in [2.24, 2.45) is 0 Å². The van der Waals surface area contributed by atoms with Gasteiger partial charge in [0.05, 0.1) is 18.1 Å². The number of aryl methyl sites for hydroxylation is 1. The van der Waals surface area contributed by atoms with Gasteiger partial charge >= 0.3 is 0 Å². The molecule has 0 saturated heterocycles. The summed E-state index contributed by atoms with van der Waals surface area (Å²) in [6, 6.07) is 13.7. The quantitative estimate of drug-likeness (QED) is 0.294. The minimum absolute atomic E-state index is 0.0465. The fourth-order valence-electron chi connectivity index (χ4n) is 3.41. The Labute approximate surface area is 196 Å². The lowest BCUT2D eigenvalue weighted by atomic mass is 10.2. The van der Waals surface area contributed by atoms with E-state index in [1.165, 1.54) is 11.3 Å². The van der Waals surface area contributed by atoms with Crippen molar-refractivity contribution in [2.45, 2.75) is 37.0 Å². The molecule has 4 aromatic rings. The van der Waals surface area contributed by atoms with Crippen molar-refractivity contribution in [3.05, 3.63) is 66.7 Å². The lowest BCUT2D eigenvalue weighted by Crippen LogP contribution is -2.32. The van der Waals surface area contributed by atoms with E-state index in [4.69, 9.17) is 9.72 Å². The number of rotatable bonds is 9. The van der Waals surface area contributed by atoms with Crippen molar-refractivity contribution < 1.29 is 9.53 Å². The molecule has 2 aromatic carbocycles. The van der Waals surface area contributed by atoms with Crippen LogP contribution >= 0.6 is 23.1 Å². The van der Waals surface area contributed by atoms with Crippen LogP contribution in [-0.2, 0) is 6.54 Å². The van der Waals surface area contributed by atoms with E-state index in [9.17, 15) is 4.79 Å². The largest absolute Gasteiger partial charge is 0.494 e. The summed E-state index contributed by atoms with van der Waals surface area (Å²) in [7, 11) is 1.64. The van der Waals surface area contributed by atoms with E-state index < -0.39 is 0 Å². The van der Waals surface area contributed by atoms with Crippen LogP contribution in [0.15, 0.2) is 66.1 Å². The van der Waals surface area contributed by atoms with Crippen LogP contribution in [0.2, 0.25) is 0 Å². The highest BCUT2D eigenvalue weighted by atomic mass is 32.2. The van der Waals surface area contributed by atoms with Gasteiger partial charge in [-0.05, 0) is 42.8 Å². The van der Waals surface area contributed by atoms with Crippen LogP contribution < -0.4 is 9.64 Å². The predicted octanol–water partition coefficient (Wildman–Crippen LogP) is 5.74. The number of benzene rings is 2. The van der Waals surface area contributed by atoms with Gasteiger partial charge in [-0.3, -0.25) is 9.69 Å². The zero-order valence-electron chi connectivity index (χ0n) is 18.4. The Morgan fingerprint density at radius 2 is 2.03 bits per heavy atom. The summed E-state index contributed by atoms with van der Waals surface area (Å²) in [5, 5.41) is 1.18. The minimum Gasteiger partial charge on any atom is -0.494 e. The van der Waals surface area contributed by atoms with Gasteiger partial charge in [0.1, 0.15) is 11.3 Å². The number of hydrogen-bond acceptors (Lipinski definition) is 6. The number of amides is 1. The highest BCUT2D eigenvalue weighted by Crippen LogP contribution is 2.35. The Hall–Kier alpha value is -2.84. The van der Waals surface area contributed by atoms with Gasteiger partial charge in [-0.2, -0.15) is 0 Å². The first-order valence-electron chi connectivity index (χ1n) is 10.5. The molecule has 0 aliphatic carbocycles. The number of para-hydroxylation sites is 1. The number of aromatic nitrogens is 3. The molecule has 0 atom stereocenters. The Morgan fingerprint density at radius 1 is 1.22 bits per heavy atom. The van der Waals surface area contributed by atoms with Crippen LogP contribution in [0, 0.1) is 0 Å². The summed E-state index contributed by atoms with van der Waals surface area (Å²) >= 11 is 3.29. The number of thiazole rings is 1. The second-order valence-electron chi connectivity index (χ2n) is 7.61. The summed E-state index contributed by atoms with van der Waals surface area (Å²) in [5.41, 5.74) is 1.44. The standard InChI is InChI=1S/C24H26N4O2S2/c1-17(2)31-19-10-8-18(9-11-19)23(29)28(14-5-13-27-15-12-25-16-27)24-26-22-20(30-3)6-4-7-21(22)32-24/h4,6-12,15-17H,5,13-14H2,1-3H3. The number of anilines is 1. The average molecular weight is 467 g/mol. The normalized spacial score (nSPS) is 11.2. The number of carbonyl (C=O) groups excluding carboxylic acids is 1. The maximum absolute atomic E-state index is 13.5. The third-order valence-electron chi connectivity index (χ3n) is 4.90. The fraction of sp³-hybridized carbons (Fsp3) is 0.292. The molecule has 0 spiro atoms. The third-order valence-corrected chi connectivity index (χ3v) is 6.96. The molecule has 6 nitrogen and oxygen atoms in total. The van der Waals surface area contributed by atoms with Crippen molar-refractivity contribution in [1.29, 1.82) is 0 Å². The number of ether oxygens (including phenoxy) is 1. The Bertz CT molecular complexity index is 1170. The van der Waals surface area contributed by atoms with Crippen molar-refractivity contribution in [3.63, 3.8) is 0 Å². The van der Waals surface area contributed by atoms with Crippen LogP contribution in [-0.4, -0.2) is 39.3 Å². The van der Waals surface area contributed by atoms with Gasteiger partial charge in [0.25, 0.3) is 5.91 Å². The number of imidazole rings is 1. The Morgan fingerprint density at radius 3 is 2.72 bits per heavy atom. The minimum atomic E-state index is -0.0465. The monoisotopic (exact) mass is 466 g/mol. The van der Waals surface area contributed by atoms with Gasteiger partial charge in [-0.25, -0.2) is 9.97 Å². The topological polar surface area (TPSA) is 60.2 Å². The number of carbonyl (C=O) groups is 1. The summed E-state index contributed by atoms with van der Waals surface area (Å²) in [6.45, 7) is 5.66. The summed E-state index contributed by atoms with van der Waals surface area (Å²) < 4.78 is 8.48. The molecule has 0 aliphatic heterocycles. The first-order chi connectivity index (χ1) is 15.5. The number of methoxy groups -OCH3 is 1. The second kappa shape index (κ2) is 10.2. The molecular formula is C24H26N4O2S2. The summed E-state index contributed by atoms with van der Waals surface area (Å²) in [6.07, 6.45) is 6.27. The van der Waals surface area contributed by atoms with Crippen LogP contribution in [0.5, 0.6) is 5.75 Å². The smallest absolute Gasteiger partial charge is 0.260 e. The Balaban J connectivity index is 1.61. The Kier molecular flexibility index (Phi) is 7.12. The molecule has 0 bridgehead atoms. The molecule has 0 unspecified atom stereocenters. The zero-order chi connectivity index (χ0) is 22.5. The van der Waals surface area contributed by atoms with Gasteiger partial charge in [0.15, 0.2) is 5.13 Å². The number of hydrogen-bond donors (Lipinski definition) is 0. The molecule has 166 valence electrons. The lowest BCUT2D eigenvalue weighted by Gasteiger charge is -2.20. The SMILES string of the molecule is COc1cccc2sc(N(CCCn3ccnc3)C(=O)c3ccc(SC(C)C)cc3)nc12. The van der Waals surface area contributed by atoms with E-state index in [0.717, 1.165) is 28.1 Å². The van der Waals surface area contributed by atoms with E-state index in [2.05, 4.69) is 18.8 Å². The van der Waals surface area contributed by atoms with Gasteiger partial charge in [-0.1, -0.05) is 31.3 Å². The van der Waals surface area contributed by atoms with Crippen molar-refractivity contribution in [3.8, 4) is 5.75 Å². The molecule has 0 fully saturated rings. The zero-order valence-corrected chi connectivity index (χ0v) is 20.0. The van der Waals surface area contributed by atoms with Gasteiger partial charge in [0, 0.05) is 41.2 Å². The van der Waals surface area contributed by atoms with E-state index in [0.29, 0.717) is 28.2 Å². The molecule has 32 heavy (non-hydrogen) atoms. The van der Waals surface area contributed by atoms with Crippen molar-refractivity contribution in [2.75, 3.05) is 18.6 Å².